The van der Waals surface area contributed by atoms with E-state index in [-0.39, 0.29) is 0 Å². The van der Waals surface area contributed by atoms with E-state index in [1.54, 1.807) is 0 Å². The number of hydrogen-bond donors (Lipinski definition) is 0. The molecule has 65 heavy (non-hydrogen) atoms. The molecule has 0 saturated carbocycles. The first-order valence-electron chi connectivity index (χ1n) is 29.5. The summed E-state index contributed by atoms with van der Waals surface area (Å²) < 4.78 is 51.5. The minimum atomic E-state index is -4.08. The average Bonchev–Trinajstić information content (AvgIpc) is 3.31. The van der Waals surface area contributed by atoms with Crippen molar-refractivity contribution in [3.63, 3.8) is 0 Å². The van der Waals surface area contributed by atoms with Crippen molar-refractivity contribution in [2.24, 2.45) is 0 Å². The van der Waals surface area contributed by atoms with E-state index in [1.807, 2.05) is 20.8 Å². The molecule has 0 radical (unpaired) electrons. The van der Waals surface area contributed by atoms with E-state index in [0.29, 0.717) is 39.1 Å². The van der Waals surface area contributed by atoms with Gasteiger partial charge in [0.2, 0.25) is 0 Å². The standard InChI is InChI=1S/C57H117O7P/c1-7-13-16-19-22-25-28-31-34-37-40-43-46-49-52-59-55(10-4)62-65(58,63-56(11-5)60-53-50-47-44-41-38-35-32-29-26-23-20-17-14-8-2)64-57(12-6)61-54-51-48-45-42-39-36-33-30-27-24-21-18-15-9-3/h55-57H,7-54H2,1-6H3. The van der Waals surface area contributed by atoms with E-state index in [4.69, 9.17) is 27.8 Å². The van der Waals surface area contributed by atoms with Crippen LogP contribution in [-0.2, 0) is 32.3 Å². The molecule has 3 unspecified atom stereocenters. The van der Waals surface area contributed by atoms with Crippen molar-refractivity contribution in [2.75, 3.05) is 19.8 Å². The van der Waals surface area contributed by atoms with Gasteiger partial charge in [0.05, 0.1) is 0 Å². The van der Waals surface area contributed by atoms with Gasteiger partial charge in [-0.15, -0.1) is 0 Å². The molecule has 0 aliphatic carbocycles. The van der Waals surface area contributed by atoms with Crippen LogP contribution < -0.4 is 0 Å². The first kappa shape index (κ1) is 65.0. The molecule has 0 saturated heterocycles. The van der Waals surface area contributed by atoms with E-state index in [2.05, 4.69) is 20.8 Å². The van der Waals surface area contributed by atoms with Gasteiger partial charge in [-0.3, -0.25) is 13.6 Å². The molecular weight excluding hydrogens is 828 g/mol. The fourth-order valence-corrected chi connectivity index (χ4v) is 10.4. The molecule has 3 atom stereocenters. The topological polar surface area (TPSA) is 72.5 Å². The minimum Gasteiger partial charge on any atom is -0.352 e. The Morgan fingerprint density at radius 1 is 0.246 bits per heavy atom. The zero-order valence-corrected chi connectivity index (χ0v) is 45.9. The van der Waals surface area contributed by atoms with Crippen LogP contribution in [0, 0.1) is 0 Å². The summed E-state index contributed by atoms with van der Waals surface area (Å²) in [4.78, 5) is 0. The van der Waals surface area contributed by atoms with Crippen LogP contribution in [0.25, 0.3) is 0 Å². The van der Waals surface area contributed by atoms with E-state index < -0.39 is 26.7 Å². The van der Waals surface area contributed by atoms with Crippen LogP contribution in [0.15, 0.2) is 0 Å². The Bertz CT molecular complexity index is 823. The third-order valence-corrected chi connectivity index (χ3v) is 14.6. The van der Waals surface area contributed by atoms with E-state index in [1.165, 1.54) is 231 Å². The Morgan fingerprint density at radius 2 is 0.400 bits per heavy atom. The third-order valence-electron chi connectivity index (χ3n) is 13.1. The van der Waals surface area contributed by atoms with Crippen LogP contribution in [-0.4, -0.2) is 38.7 Å². The fraction of sp³-hybridized carbons (Fsp3) is 1.00. The maximum absolute atomic E-state index is 14.5. The summed E-state index contributed by atoms with van der Waals surface area (Å²) >= 11 is 0. The molecule has 0 aliphatic rings. The van der Waals surface area contributed by atoms with E-state index >= 15 is 0 Å². The summed E-state index contributed by atoms with van der Waals surface area (Å²) in [7, 11) is -4.08. The van der Waals surface area contributed by atoms with Crippen molar-refractivity contribution >= 4 is 7.82 Å². The number of rotatable bonds is 57. The third kappa shape index (κ3) is 47.4. The molecular formula is C57H117O7P. The Kier molecular flexibility index (Phi) is 53.3. The molecule has 8 heteroatoms. The molecule has 0 aromatic rings. The fourth-order valence-electron chi connectivity index (χ4n) is 8.71. The molecule has 0 amide bonds. The van der Waals surface area contributed by atoms with Gasteiger partial charge in [0.25, 0.3) is 0 Å². The molecule has 0 N–H and O–H groups in total. The lowest BCUT2D eigenvalue weighted by Crippen LogP contribution is -2.25. The second kappa shape index (κ2) is 53.3. The maximum Gasteiger partial charge on any atom is 0.481 e. The van der Waals surface area contributed by atoms with Crippen LogP contribution in [0.2, 0.25) is 0 Å². The summed E-state index contributed by atoms with van der Waals surface area (Å²) in [6.45, 7) is 14.5. The van der Waals surface area contributed by atoms with Crippen LogP contribution in [0.5, 0.6) is 0 Å². The van der Waals surface area contributed by atoms with Gasteiger partial charge in [0.1, 0.15) is 0 Å². The minimum absolute atomic E-state index is 0.544. The van der Waals surface area contributed by atoms with E-state index in [0.717, 1.165) is 38.5 Å². The second-order valence-corrected chi connectivity index (χ2v) is 21.2. The molecule has 0 spiro atoms. The van der Waals surface area contributed by atoms with Gasteiger partial charge in [0.15, 0.2) is 18.9 Å². The molecule has 0 aromatic heterocycles. The molecule has 0 fully saturated rings. The van der Waals surface area contributed by atoms with Crippen LogP contribution >= 0.6 is 7.82 Å². The van der Waals surface area contributed by atoms with Gasteiger partial charge in [0, 0.05) is 19.8 Å². The Labute approximate surface area is 407 Å². The first-order valence-corrected chi connectivity index (χ1v) is 30.9. The number of unbranched alkanes of at least 4 members (excludes halogenated alkanes) is 39. The first-order chi connectivity index (χ1) is 32.0. The van der Waals surface area contributed by atoms with Crippen molar-refractivity contribution in [1.82, 2.24) is 0 Å². The predicted molar refractivity (Wildman–Crippen MR) is 282 cm³/mol. The highest BCUT2D eigenvalue weighted by atomic mass is 31.2. The number of hydrogen-bond acceptors (Lipinski definition) is 7. The lowest BCUT2D eigenvalue weighted by Gasteiger charge is -2.29. The van der Waals surface area contributed by atoms with Gasteiger partial charge in [-0.25, -0.2) is 4.57 Å². The highest BCUT2D eigenvalue weighted by Gasteiger charge is 2.37. The molecule has 0 aliphatic heterocycles. The highest BCUT2D eigenvalue weighted by molar-refractivity contribution is 7.48. The molecule has 392 valence electrons. The quantitative estimate of drug-likeness (QED) is 0.0342. The Balaban J connectivity index is 4.76. The zero-order chi connectivity index (χ0) is 47.4. The molecule has 0 aromatic carbocycles. The van der Waals surface area contributed by atoms with Gasteiger partial charge in [-0.05, 0) is 38.5 Å². The van der Waals surface area contributed by atoms with Crippen LogP contribution in [0.1, 0.15) is 330 Å². The second-order valence-electron chi connectivity index (χ2n) is 19.7. The van der Waals surface area contributed by atoms with Crippen molar-refractivity contribution in [3.8, 4) is 0 Å². The summed E-state index contributed by atoms with van der Waals surface area (Å²) in [6.07, 6.45) is 54.9. The van der Waals surface area contributed by atoms with Gasteiger partial charge >= 0.3 is 7.82 Å². The van der Waals surface area contributed by atoms with Crippen molar-refractivity contribution in [1.29, 1.82) is 0 Å². The van der Waals surface area contributed by atoms with Crippen molar-refractivity contribution in [2.45, 2.75) is 349 Å². The molecule has 0 rings (SSSR count). The summed E-state index contributed by atoms with van der Waals surface area (Å²) in [6, 6.07) is 0. The SMILES string of the molecule is CCCCCCCCCCCCCCCCOC(CC)OP(=O)(OC(CC)OCCCCCCCCCCCCCCCC)OC(CC)OCCCCCCCCCCCCCCCC. The lowest BCUT2D eigenvalue weighted by atomic mass is 10.0. The molecule has 7 nitrogen and oxygen atoms in total. The monoisotopic (exact) mass is 945 g/mol. The van der Waals surface area contributed by atoms with Gasteiger partial charge in [-0.2, -0.15) is 0 Å². The normalized spacial score (nSPS) is 14.2. The Morgan fingerprint density at radius 3 is 0.554 bits per heavy atom. The lowest BCUT2D eigenvalue weighted by molar-refractivity contribution is -0.161. The van der Waals surface area contributed by atoms with Crippen LogP contribution in [0.4, 0.5) is 0 Å². The predicted octanol–water partition coefficient (Wildman–Crippen LogP) is 20.8. The van der Waals surface area contributed by atoms with Crippen molar-refractivity contribution in [3.05, 3.63) is 0 Å². The number of ether oxygens (including phenoxy) is 3. The van der Waals surface area contributed by atoms with Gasteiger partial charge in [-0.1, -0.05) is 292 Å². The van der Waals surface area contributed by atoms with Crippen molar-refractivity contribution < 1.29 is 32.3 Å². The summed E-state index contributed by atoms with van der Waals surface area (Å²) in [5.41, 5.74) is 0. The Hall–Kier alpha value is -0.0100. The maximum atomic E-state index is 14.5. The average molecular weight is 946 g/mol. The van der Waals surface area contributed by atoms with E-state index in [9.17, 15) is 4.57 Å². The summed E-state index contributed by atoms with van der Waals surface area (Å²) in [5, 5.41) is 0. The number of phosphoric ester groups is 1. The zero-order valence-electron chi connectivity index (χ0n) is 45.0. The largest absolute Gasteiger partial charge is 0.481 e. The molecule has 0 heterocycles. The van der Waals surface area contributed by atoms with Crippen LogP contribution in [0.3, 0.4) is 0 Å². The highest BCUT2D eigenvalue weighted by Crippen LogP contribution is 2.54. The summed E-state index contributed by atoms with van der Waals surface area (Å²) in [5.74, 6) is 0. The molecule has 0 bridgehead atoms. The number of phosphoric acid groups is 1. The van der Waals surface area contributed by atoms with Gasteiger partial charge < -0.3 is 14.2 Å². The smallest absolute Gasteiger partial charge is 0.352 e.